The van der Waals surface area contributed by atoms with Crippen molar-refractivity contribution >= 4 is 0 Å². The maximum absolute atomic E-state index is 13.9. The van der Waals surface area contributed by atoms with Crippen LogP contribution in [0.25, 0.3) is 11.5 Å². The highest BCUT2D eigenvalue weighted by atomic mass is 19.2. The van der Waals surface area contributed by atoms with Crippen LogP contribution in [0.1, 0.15) is 24.3 Å². The quantitative estimate of drug-likeness (QED) is 0.863. The van der Waals surface area contributed by atoms with Crippen molar-refractivity contribution in [3.8, 4) is 11.5 Å². The van der Waals surface area contributed by atoms with E-state index in [9.17, 15) is 8.78 Å². The third-order valence-electron chi connectivity index (χ3n) is 4.32. The topological polar surface area (TPSA) is 38.5 Å². The molecule has 3 rings (SSSR count). The zero-order valence-electron chi connectivity index (χ0n) is 13.3. The maximum atomic E-state index is 13.9. The fourth-order valence-corrected chi connectivity index (χ4v) is 2.87. The molecule has 6 heteroatoms. The Labute approximate surface area is 134 Å². The second-order valence-corrected chi connectivity index (χ2v) is 5.83. The van der Waals surface area contributed by atoms with Gasteiger partial charge in [-0.15, -0.1) is 0 Å². The Kier molecular flexibility index (Phi) is 4.73. The molecule has 1 saturated heterocycles. The van der Waals surface area contributed by atoms with E-state index < -0.39 is 11.6 Å². The van der Waals surface area contributed by atoms with Crippen LogP contribution in [0.3, 0.4) is 0 Å². The van der Waals surface area contributed by atoms with Crippen LogP contribution < -0.4 is 0 Å². The summed E-state index contributed by atoms with van der Waals surface area (Å²) in [6, 6.07) is 4.00. The summed E-state index contributed by atoms with van der Waals surface area (Å²) in [7, 11) is 1.74. The summed E-state index contributed by atoms with van der Waals surface area (Å²) < 4.78 is 38.1. The Morgan fingerprint density at radius 2 is 2.04 bits per heavy atom. The second-order valence-electron chi connectivity index (χ2n) is 5.83. The average Bonchev–Trinajstić information content (AvgIpc) is 2.91. The minimum Gasteiger partial charge on any atom is -0.441 e. The molecule has 0 bridgehead atoms. The van der Waals surface area contributed by atoms with E-state index >= 15 is 0 Å². The monoisotopic (exact) mass is 322 g/mol. The number of aryl methyl sites for hydroxylation is 1. The van der Waals surface area contributed by atoms with Gasteiger partial charge in [0.1, 0.15) is 5.76 Å². The van der Waals surface area contributed by atoms with Crippen molar-refractivity contribution < 1.29 is 17.9 Å². The van der Waals surface area contributed by atoms with Crippen molar-refractivity contribution in [1.82, 2.24) is 9.88 Å². The molecule has 0 saturated carbocycles. The molecular weight excluding hydrogens is 302 g/mol. The summed E-state index contributed by atoms with van der Waals surface area (Å²) in [5, 5.41) is 0. The van der Waals surface area contributed by atoms with Crippen LogP contribution >= 0.6 is 0 Å². The first-order chi connectivity index (χ1) is 11.1. The van der Waals surface area contributed by atoms with Crippen LogP contribution in [0, 0.1) is 18.6 Å². The normalized spacial score (nSPS) is 16.9. The molecule has 1 fully saturated rings. The Hall–Kier alpha value is -1.79. The number of benzene rings is 1. The number of hydrogen-bond acceptors (Lipinski definition) is 4. The van der Waals surface area contributed by atoms with E-state index in [4.69, 9.17) is 9.15 Å². The van der Waals surface area contributed by atoms with E-state index in [0.717, 1.165) is 37.7 Å². The summed E-state index contributed by atoms with van der Waals surface area (Å²) in [6.45, 7) is 4.29. The molecule has 0 radical (unpaired) electrons. The van der Waals surface area contributed by atoms with Gasteiger partial charge in [-0.3, -0.25) is 4.90 Å². The van der Waals surface area contributed by atoms with Crippen LogP contribution in [0.15, 0.2) is 22.6 Å². The molecular formula is C17H20F2N2O2. The third kappa shape index (κ3) is 3.43. The number of halogens is 2. The Morgan fingerprint density at radius 1 is 1.30 bits per heavy atom. The van der Waals surface area contributed by atoms with Crippen molar-refractivity contribution in [3.05, 3.63) is 41.3 Å². The Morgan fingerprint density at radius 3 is 2.74 bits per heavy atom. The van der Waals surface area contributed by atoms with Crippen LogP contribution in [-0.4, -0.2) is 36.2 Å². The number of nitrogens with zero attached hydrogens (tertiary/aromatic N) is 2. The molecule has 1 aliphatic rings. The van der Waals surface area contributed by atoms with Gasteiger partial charge in [-0.05, 0) is 31.9 Å². The van der Waals surface area contributed by atoms with E-state index in [1.165, 1.54) is 12.1 Å². The molecule has 1 aromatic heterocycles. The van der Waals surface area contributed by atoms with Gasteiger partial charge in [-0.25, -0.2) is 13.8 Å². The number of rotatable bonds is 4. The van der Waals surface area contributed by atoms with E-state index in [0.29, 0.717) is 18.4 Å². The van der Waals surface area contributed by atoms with Crippen LogP contribution in [0.4, 0.5) is 8.78 Å². The van der Waals surface area contributed by atoms with Crippen LogP contribution in [-0.2, 0) is 11.3 Å². The average molecular weight is 322 g/mol. The molecule has 0 aliphatic carbocycles. The number of ether oxygens (including phenoxy) is 1. The lowest BCUT2D eigenvalue weighted by Gasteiger charge is -2.30. The predicted octanol–water partition coefficient (Wildman–Crippen LogP) is 3.54. The molecule has 4 nitrogen and oxygen atoms in total. The summed E-state index contributed by atoms with van der Waals surface area (Å²) >= 11 is 0. The van der Waals surface area contributed by atoms with Gasteiger partial charge in [0.05, 0.1) is 17.4 Å². The number of aromatic nitrogens is 1. The Balaban J connectivity index is 1.75. The van der Waals surface area contributed by atoms with Crippen LogP contribution in [0.5, 0.6) is 0 Å². The minimum atomic E-state index is -0.929. The number of methoxy groups -OCH3 is 1. The fourth-order valence-electron chi connectivity index (χ4n) is 2.87. The minimum absolute atomic E-state index is 0.0532. The Bertz CT molecular complexity index is 679. The van der Waals surface area contributed by atoms with Crippen molar-refractivity contribution in [2.45, 2.75) is 32.4 Å². The van der Waals surface area contributed by atoms with E-state index in [1.807, 2.05) is 0 Å². The number of hydrogen-bond donors (Lipinski definition) is 0. The van der Waals surface area contributed by atoms with Gasteiger partial charge >= 0.3 is 0 Å². The first-order valence-corrected chi connectivity index (χ1v) is 7.74. The molecule has 0 atom stereocenters. The highest BCUT2D eigenvalue weighted by Crippen LogP contribution is 2.27. The van der Waals surface area contributed by atoms with Gasteiger partial charge in [0.15, 0.2) is 11.6 Å². The maximum Gasteiger partial charge on any atom is 0.229 e. The molecule has 0 unspecified atom stereocenters. The largest absolute Gasteiger partial charge is 0.441 e. The van der Waals surface area contributed by atoms with Crippen molar-refractivity contribution in [2.24, 2.45) is 0 Å². The van der Waals surface area contributed by atoms with Gasteiger partial charge < -0.3 is 9.15 Å². The first kappa shape index (κ1) is 16.1. The van der Waals surface area contributed by atoms with E-state index in [-0.39, 0.29) is 11.5 Å². The molecule has 1 aliphatic heterocycles. The first-order valence-electron chi connectivity index (χ1n) is 7.74. The smallest absolute Gasteiger partial charge is 0.229 e. The lowest BCUT2D eigenvalue weighted by Crippen LogP contribution is -2.36. The molecule has 124 valence electrons. The number of likely N-dealkylation sites (tertiary alicyclic amines) is 1. The molecule has 23 heavy (non-hydrogen) atoms. The lowest BCUT2D eigenvalue weighted by molar-refractivity contribution is 0.0384. The molecule has 0 spiro atoms. The summed E-state index contributed by atoms with van der Waals surface area (Å²) in [5.41, 5.74) is 0.817. The second kappa shape index (κ2) is 6.76. The highest BCUT2D eigenvalue weighted by Gasteiger charge is 2.22. The fraction of sp³-hybridized carbons (Fsp3) is 0.471. The van der Waals surface area contributed by atoms with Gasteiger partial charge in [-0.1, -0.05) is 6.07 Å². The zero-order chi connectivity index (χ0) is 16.4. The molecule has 2 heterocycles. The molecule has 2 aromatic rings. The van der Waals surface area contributed by atoms with Crippen molar-refractivity contribution in [2.75, 3.05) is 20.2 Å². The van der Waals surface area contributed by atoms with E-state index in [2.05, 4.69) is 9.88 Å². The van der Waals surface area contributed by atoms with Gasteiger partial charge in [0, 0.05) is 26.7 Å². The number of oxazole rings is 1. The van der Waals surface area contributed by atoms with Gasteiger partial charge in [0.2, 0.25) is 5.89 Å². The standard InChI is InChI=1S/C17H20F2N2O2/c1-11-15(10-21-8-6-12(22-2)7-9-21)20-17(23-11)13-4-3-5-14(18)16(13)19/h3-5,12H,6-10H2,1-2H3. The molecule has 0 amide bonds. The summed E-state index contributed by atoms with van der Waals surface area (Å²) in [4.78, 5) is 6.64. The summed E-state index contributed by atoms with van der Waals surface area (Å²) in [5.74, 6) is -1.07. The highest BCUT2D eigenvalue weighted by molar-refractivity contribution is 5.54. The SMILES string of the molecule is COC1CCN(Cc2nc(-c3cccc(F)c3F)oc2C)CC1. The third-order valence-corrected chi connectivity index (χ3v) is 4.32. The number of piperidine rings is 1. The van der Waals surface area contributed by atoms with Gasteiger partial charge in [-0.2, -0.15) is 0 Å². The summed E-state index contributed by atoms with van der Waals surface area (Å²) in [6.07, 6.45) is 2.29. The van der Waals surface area contributed by atoms with Crippen molar-refractivity contribution in [3.63, 3.8) is 0 Å². The van der Waals surface area contributed by atoms with Crippen molar-refractivity contribution in [1.29, 1.82) is 0 Å². The van der Waals surface area contributed by atoms with Gasteiger partial charge in [0.25, 0.3) is 0 Å². The molecule has 1 aromatic carbocycles. The van der Waals surface area contributed by atoms with E-state index in [1.54, 1.807) is 14.0 Å². The van der Waals surface area contributed by atoms with Crippen LogP contribution in [0.2, 0.25) is 0 Å². The lowest BCUT2D eigenvalue weighted by atomic mass is 10.1. The zero-order valence-corrected chi connectivity index (χ0v) is 13.3. The predicted molar refractivity (Wildman–Crippen MR) is 81.9 cm³/mol. The molecule has 0 N–H and O–H groups in total.